The van der Waals surface area contributed by atoms with Crippen LogP contribution in [0.3, 0.4) is 0 Å². The van der Waals surface area contributed by atoms with Gasteiger partial charge in [0.05, 0.1) is 13.6 Å². The molecule has 0 unspecified atom stereocenters. The summed E-state index contributed by atoms with van der Waals surface area (Å²) in [6.07, 6.45) is 0. The molecule has 8 heteroatoms. The van der Waals surface area contributed by atoms with Crippen LogP contribution in [0.2, 0.25) is 0 Å². The Morgan fingerprint density at radius 1 is 0.929 bits per heavy atom. The highest BCUT2D eigenvalue weighted by Gasteiger charge is 2.34. The fourth-order valence-corrected chi connectivity index (χ4v) is 3.80. The third kappa shape index (κ3) is 4.07. The number of aromatic nitrogens is 4. The summed E-state index contributed by atoms with van der Waals surface area (Å²) < 4.78 is 28.5. The second kappa shape index (κ2) is 8.12. The zero-order valence-electron chi connectivity index (χ0n) is 15.8. The van der Waals surface area contributed by atoms with Crippen molar-refractivity contribution in [3.63, 3.8) is 0 Å². The average molecular weight is 386 g/mol. The molecule has 146 valence electrons. The largest absolute Gasteiger partial charge is 0.328 e. The first-order valence-corrected chi connectivity index (χ1v) is 9.52. The Kier molecular flexibility index (Phi) is 5.40. The number of hydrogen-bond donors (Lipinski definition) is 2. The molecule has 1 fully saturated rings. The third-order valence-electron chi connectivity index (χ3n) is 5.42. The highest BCUT2D eigenvalue weighted by atomic mass is 19.1. The number of piperazine rings is 1. The normalized spacial score (nSPS) is 20.8. The molecule has 0 bridgehead atoms. The van der Waals surface area contributed by atoms with Gasteiger partial charge >= 0.3 is 0 Å². The van der Waals surface area contributed by atoms with Crippen molar-refractivity contribution in [3.05, 3.63) is 77.1 Å². The predicted molar refractivity (Wildman–Crippen MR) is 98.9 cm³/mol. The van der Waals surface area contributed by atoms with Crippen LogP contribution in [0.15, 0.2) is 48.5 Å². The summed E-state index contributed by atoms with van der Waals surface area (Å²) in [5, 5.41) is 12.4. The molecule has 28 heavy (non-hydrogen) atoms. The van der Waals surface area contributed by atoms with Crippen molar-refractivity contribution in [2.45, 2.75) is 12.6 Å². The van der Waals surface area contributed by atoms with E-state index >= 15 is 0 Å². The molecule has 4 rings (SSSR count). The van der Waals surface area contributed by atoms with Crippen LogP contribution in [0.25, 0.3) is 0 Å². The second-order valence-electron chi connectivity index (χ2n) is 7.42. The molecular formula is C20H24F2N6+2. The molecule has 2 N–H and O–H groups in total. The second-order valence-corrected chi connectivity index (χ2v) is 7.42. The van der Waals surface area contributed by atoms with Gasteiger partial charge in [-0.2, -0.15) is 0 Å². The maximum absolute atomic E-state index is 13.5. The summed E-state index contributed by atoms with van der Waals surface area (Å²) in [5.41, 5.74) is 1.91. The molecule has 1 aliphatic heterocycles. The Balaban J connectivity index is 1.67. The van der Waals surface area contributed by atoms with Gasteiger partial charge < -0.3 is 9.80 Å². The lowest BCUT2D eigenvalue weighted by molar-refractivity contribution is -1.02. The van der Waals surface area contributed by atoms with Crippen LogP contribution in [-0.2, 0) is 6.54 Å². The van der Waals surface area contributed by atoms with E-state index in [4.69, 9.17) is 0 Å². The lowest BCUT2D eigenvalue weighted by atomic mass is 10.0. The Bertz CT molecular complexity index is 901. The number of likely N-dealkylation sites (N-methyl/N-ethyl adjacent to an activating group) is 1. The van der Waals surface area contributed by atoms with Gasteiger partial charge in [-0.15, -0.1) is 5.10 Å². The van der Waals surface area contributed by atoms with Crippen LogP contribution in [0.5, 0.6) is 0 Å². The maximum Gasteiger partial charge on any atom is 0.214 e. The van der Waals surface area contributed by atoms with Crippen LogP contribution >= 0.6 is 0 Å². The highest BCUT2D eigenvalue weighted by molar-refractivity contribution is 5.24. The Morgan fingerprint density at radius 2 is 1.54 bits per heavy atom. The molecule has 0 spiro atoms. The van der Waals surface area contributed by atoms with Crippen LogP contribution in [0.4, 0.5) is 8.78 Å². The first-order valence-electron chi connectivity index (χ1n) is 9.52. The van der Waals surface area contributed by atoms with Crippen molar-refractivity contribution < 1.29 is 18.6 Å². The molecule has 0 amide bonds. The number of nitrogens with one attached hydrogen (secondary N) is 2. The molecule has 2 aromatic carbocycles. The van der Waals surface area contributed by atoms with Gasteiger partial charge in [-0.05, 0) is 52.4 Å². The predicted octanol–water partition coefficient (Wildman–Crippen LogP) is -0.498. The fourth-order valence-electron chi connectivity index (χ4n) is 3.80. The van der Waals surface area contributed by atoms with Gasteiger partial charge in [-0.3, -0.25) is 0 Å². The molecule has 6 nitrogen and oxygen atoms in total. The monoisotopic (exact) mass is 386 g/mol. The smallest absolute Gasteiger partial charge is 0.214 e. The zero-order valence-corrected chi connectivity index (χ0v) is 15.8. The van der Waals surface area contributed by atoms with Crippen LogP contribution in [0.1, 0.15) is 23.0 Å². The van der Waals surface area contributed by atoms with E-state index in [0.29, 0.717) is 6.54 Å². The lowest BCUT2D eigenvalue weighted by Crippen LogP contribution is -3.27. The molecule has 0 radical (unpaired) electrons. The molecule has 1 atom stereocenters. The number of tetrazole rings is 1. The maximum atomic E-state index is 13.5. The topological polar surface area (TPSA) is 52.5 Å². The lowest BCUT2D eigenvalue weighted by Gasteiger charge is -2.32. The van der Waals surface area contributed by atoms with E-state index in [-0.39, 0.29) is 17.7 Å². The van der Waals surface area contributed by atoms with E-state index in [0.717, 1.165) is 43.1 Å². The van der Waals surface area contributed by atoms with E-state index in [9.17, 15) is 8.78 Å². The minimum Gasteiger partial charge on any atom is -0.328 e. The standard InChI is InChI=1S/C20H22F2N6/c1-26-10-12-27(13-11-26)19(16-4-8-18(22)9-5-16)20-23-24-25-28(20)14-15-2-6-17(21)7-3-15/h2-9,19H,10-14H2,1H3/p+2/t19-/m0/s1. The quantitative estimate of drug-likeness (QED) is 0.622. The van der Waals surface area contributed by atoms with Crippen LogP contribution in [0, 0.1) is 11.6 Å². The molecule has 1 aliphatic rings. The number of benzene rings is 2. The van der Waals surface area contributed by atoms with E-state index < -0.39 is 0 Å². The first kappa shape index (κ1) is 18.6. The molecular weight excluding hydrogens is 362 g/mol. The number of hydrogen-bond acceptors (Lipinski definition) is 3. The van der Waals surface area contributed by atoms with Crippen molar-refractivity contribution in [2.75, 3.05) is 33.2 Å². The van der Waals surface area contributed by atoms with Gasteiger partial charge in [0, 0.05) is 5.56 Å². The van der Waals surface area contributed by atoms with Crippen molar-refractivity contribution in [1.29, 1.82) is 0 Å². The van der Waals surface area contributed by atoms with Crippen molar-refractivity contribution in [2.24, 2.45) is 0 Å². The van der Waals surface area contributed by atoms with Gasteiger partial charge in [-0.25, -0.2) is 13.5 Å². The van der Waals surface area contributed by atoms with E-state index in [1.54, 1.807) is 16.8 Å². The minimum atomic E-state index is -0.269. The summed E-state index contributed by atoms with van der Waals surface area (Å²) in [5.74, 6) is 0.214. The van der Waals surface area contributed by atoms with E-state index in [1.165, 1.54) is 34.1 Å². The molecule has 0 aliphatic carbocycles. The van der Waals surface area contributed by atoms with Gasteiger partial charge in [0.15, 0.2) is 6.04 Å². The number of nitrogens with zero attached hydrogens (tertiary/aromatic N) is 4. The van der Waals surface area contributed by atoms with E-state index in [2.05, 4.69) is 22.6 Å². The number of halogens is 2. The Morgan fingerprint density at radius 3 is 2.18 bits per heavy atom. The average Bonchev–Trinajstić information content (AvgIpc) is 3.14. The van der Waals surface area contributed by atoms with Crippen molar-refractivity contribution >= 4 is 0 Å². The summed E-state index contributed by atoms with van der Waals surface area (Å²) in [4.78, 5) is 2.87. The summed E-state index contributed by atoms with van der Waals surface area (Å²) in [7, 11) is 2.20. The Labute approximate surface area is 162 Å². The van der Waals surface area contributed by atoms with E-state index in [1.807, 2.05) is 12.1 Å². The van der Waals surface area contributed by atoms with Gasteiger partial charge in [-0.1, -0.05) is 12.1 Å². The molecule has 2 heterocycles. The van der Waals surface area contributed by atoms with Crippen molar-refractivity contribution in [1.82, 2.24) is 20.2 Å². The van der Waals surface area contributed by atoms with Gasteiger partial charge in [0.2, 0.25) is 5.82 Å². The van der Waals surface area contributed by atoms with Gasteiger partial charge in [0.1, 0.15) is 37.8 Å². The Hall–Kier alpha value is -2.71. The zero-order chi connectivity index (χ0) is 19.5. The molecule has 0 saturated carbocycles. The molecule has 3 aromatic rings. The summed E-state index contributed by atoms with van der Waals surface area (Å²) in [6, 6.07) is 12.9. The SMILES string of the molecule is C[NH+]1CC[NH+]([C@@H](c2ccc(F)cc2)c2nnnn2Cc2ccc(F)cc2)CC1. The van der Waals surface area contributed by atoms with Gasteiger partial charge in [0.25, 0.3) is 0 Å². The van der Waals surface area contributed by atoms with Crippen LogP contribution < -0.4 is 9.80 Å². The fraction of sp³-hybridized carbons (Fsp3) is 0.350. The molecule has 1 saturated heterocycles. The van der Waals surface area contributed by atoms with Crippen molar-refractivity contribution in [3.8, 4) is 0 Å². The summed E-state index contributed by atoms with van der Waals surface area (Å²) >= 11 is 0. The highest BCUT2D eigenvalue weighted by Crippen LogP contribution is 2.18. The summed E-state index contributed by atoms with van der Waals surface area (Å²) in [6.45, 7) is 4.55. The first-order chi connectivity index (χ1) is 13.6. The third-order valence-corrected chi connectivity index (χ3v) is 5.42. The number of rotatable bonds is 5. The minimum absolute atomic E-state index is 0.0795. The van der Waals surface area contributed by atoms with Crippen LogP contribution in [-0.4, -0.2) is 53.4 Å². The number of quaternary nitrogens is 2. The molecule has 1 aromatic heterocycles.